The third-order valence-corrected chi connectivity index (χ3v) is 1.89. The van der Waals surface area contributed by atoms with Gasteiger partial charge in [-0.15, -0.1) is 0 Å². The van der Waals surface area contributed by atoms with E-state index in [4.69, 9.17) is 10.00 Å². The Labute approximate surface area is 96.9 Å². The lowest BCUT2D eigenvalue weighted by atomic mass is 10.2. The SMILES string of the molecule is C/C=C(\C#N)OC(=O)c1ccc([N+](=O)[O-])cc1. The van der Waals surface area contributed by atoms with Crippen molar-refractivity contribution in [1.29, 1.82) is 5.26 Å². The fraction of sp³-hybridized carbons (Fsp3) is 0.0909. The van der Waals surface area contributed by atoms with Gasteiger partial charge in [-0.2, -0.15) is 5.26 Å². The molecule has 1 aromatic carbocycles. The van der Waals surface area contributed by atoms with E-state index in [9.17, 15) is 14.9 Å². The molecule has 0 aromatic heterocycles. The lowest BCUT2D eigenvalue weighted by Crippen LogP contribution is -2.04. The van der Waals surface area contributed by atoms with E-state index in [0.29, 0.717) is 0 Å². The van der Waals surface area contributed by atoms with Gasteiger partial charge in [0.15, 0.2) is 0 Å². The maximum absolute atomic E-state index is 11.5. The van der Waals surface area contributed by atoms with E-state index < -0.39 is 10.9 Å². The zero-order chi connectivity index (χ0) is 12.8. The highest BCUT2D eigenvalue weighted by molar-refractivity contribution is 5.90. The number of non-ortho nitro benzene ring substituents is 1. The highest BCUT2D eigenvalue weighted by atomic mass is 16.6. The maximum atomic E-state index is 11.5. The third kappa shape index (κ3) is 3.14. The minimum atomic E-state index is -0.727. The van der Waals surface area contributed by atoms with Crippen LogP contribution in [0.3, 0.4) is 0 Å². The van der Waals surface area contributed by atoms with E-state index in [-0.39, 0.29) is 17.0 Å². The minimum absolute atomic E-state index is 0.117. The monoisotopic (exact) mass is 232 g/mol. The third-order valence-electron chi connectivity index (χ3n) is 1.89. The standard InChI is InChI=1S/C11H8N2O4/c1-2-10(7-12)17-11(14)8-3-5-9(6-4-8)13(15)16/h2-6H,1H3/b10-2+. The molecule has 0 amide bonds. The van der Waals surface area contributed by atoms with Crippen molar-refractivity contribution < 1.29 is 14.5 Å². The number of rotatable bonds is 3. The Kier molecular flexibility index (Phi) is 3.95. The molecule has 0 atom stereocenters. The van der Waals surface area contributed by atoms with Crippen molar-refractivity contribution in [2.45, 2.75) is 6.92 Å². The largest absolute Gasteiger partial charge is 0.412 e. The summed E-state index contributed by atoms with van der Waals surface area (Å²) >= 11 is 0. The lowest BCUT2D eigenvalue weighted by Gasteiger charge is -2.01. The van der Waals surface area contributed by atoms with Gasteiger partial charge in [0.1, 0.15) is 6.07 Å². The van der Waals surface area contributed by atoms with E-state index >= 15 is 0 Å². The van der Waals surface area contributed by atoms with Crippen LogP contribution < -0.4 is 0 Å². The normalized spacial score (nSPS) is 10.5. The quantitative estimate of drug-likeness (QED) is 0.262. The predicted molar refractivity (Wildman–Crippen MR) is 57.9 cm³/mol. The molecule has 0 aliphatic rings. The lowest BCUT2D eigenvalue weighted by molar-refractivity contribution is -0.384. The Morgan fingerprint density at radius 1 is 1.47 bits per heavy atom. The molecular formula is C11H8N2O4. The van der Waals surface area contributed by atoms with E-state index in [1.807, 2.05) is 0 Å². The molecule has 0 unspecified atom stereocenters. The van der Waals surface area contributed by atoms with E-state index in [1.165, 1.54) is 30.3 Å². The summed E-state index contributed by atoms with van der Waals surface area (Å²) < 4.78 is 4.73. The topological polar surface area (TPSA) is 93.2 Å². The number of nitriles is 1. The van der Waals surface area contributed by atoms with Crippen LogP contribution in [-0.4, -0.2) is 10.9 Å². The summed E-state index contributed by atoms with van der Waals surface area (Å²) in [4.78, 5) is 21.3. The van der Waals surface area contributed by atoms with Crippen LogP contribution in [0, 0.1) is 21.4 Å². The van der Waals surface area contributed by atoms with Crippen LogP contribution in [0.2, 0.25) is 0 Å². The molecule has 0 saturated carbocycles. The first-order valence-corrected chi connectivity index (χ1v) is 4.61. The molecule has 6 nitrogen and oxygen atoms in total. The molecule has 0 fully saturated rings. The molecule has 1 rings (SSSR count). The van der Waals surface area contributed by atoms with Crippen molar-refractivity contribution in [3.63, 3.8) is 0 Å². The Morgan fingerprint density at radius 2 is 2.06 bits per heavy atom. The molecule has 0 aliphatic carbocycles. The summed E-state index contributed by atoms with van der Waals surface area (Å²) in [6.07, 6.45) is 1.35. The van der Waals surface area contributed by atoms with Crippen LogP contribution in [0.4, 0.5) is 5.69 Å². The number of nitro benzene ring substituents is 1. The van der Waals surface area contributed by atoms with Gasteiger partial charge in [-0.1, -0.05) is 0 Å². The number of carbonyl (C=O) groups excluding carboxylic acids is 1. The highest BCUT2D eigenvalue weighted by Gasteiger charge is 2.11. The summed E-state index contributed by atoms with van der Waals surface area (Å²) in [5.74, 6) is -0.845. The van der Waals surface area contributed by atoms with Crippen molar-refractivity contribution in [1.82, 2.24) is 0 Å². The summed E-state index contributed by atoms with van der Waals surface area (Å²) in [7, 11) is 0. The van der Waals surface area contributed by atoms with E-state index in [1.54, 1.807) is 13.0 Å². The first-order chi connectivity index (χ1) is 8.08. The van der Waals surface area contributed by atoms with Gasteiger partial charge < -0.3 is 4.74 Å². The maximum Gasteiger partial charge on any atom is 0.344 e. The number of nitro groups is 1. The molecule has 0 bridgehead atoms. The number of allylic oxidation sites excluding steroid dienone is 2. The van der Waals surface area contributed by atoms with Crippen LogP contribution in [-0.2, 0) is 4.74 Å². The first kappa shape index (κ1) is 12.4. The van der Waals surface area contributed by atoms with Crippen molar-refractivity contribution in [3.05, 3.63) is 51.8 Å². The minimum Gasteiger partial charge on any atom is -0.412 e. The van der Waals surface area contributed by atoms with Crippen LogP contribution in [0.15, 0.2) is 36.1 Å². The summed E-state index contributed by atoms with van der Waals surface area (Å²) in [5, 5.41) is 18.9. The number of ether oxygens (including phenoxy) is 1. The number of esters is 1. The second-order valence-electron chi connectivity index (χ2n) is 2.96. The Balaban J connectivity index is 2.84. The van der Waals surface area contributed by atoms with Gasteiger partial charge in [0.25, 0.3) is 5.69 Å². The van der Waals surface area contributed by atoms with Crippen molar-refractivity contribution >= 4 is 11.7 Å². The van der Waals surface area contributed by atoms with Crippen LogP contribution >= 0.6 is 0 Å². The molecule has 17 heavy (non-hydrogen) atoms. The first-order valence-electron chi connectivity index (χ1n) is 4.61. The highest BCUT2D eigenvalue weighted by Crippen LogP contribution is 2.13. The number of carbonyl (C=O) groups is 1. The van der Waals surface area contributed by atoms with Crippen molar-refractivity contribution in [3.8, 4) is 6.07 Å². The molecule has 0 N–H and O–H groups in total. The Bertz CT molecular complexity index is 511. The molecule has 0 heterocycles. The summed E-state index contributed by atoms with van der Waals surface area (Å²) in [6.45, 7) is 1.56. The molecule has 0 spiro atoms. The smallest absolute Gasteiger partial charge is 0.344 e. The molecule has 0 radical (unpaired) electrons. The number of hydrogen-bond donors (Lipinski definition) is 0. The molecular weight excluding hydrogens is 224 g/mol. The van der Waals surface area contributed by atoms with Gasteiger partial charge in [0.2, 0.25) is 5.76 Å². The molecule has 86 valence electrons. The number of nitrogens with zero attached hydrogens (tertiary/aromatic N) is 2. The fourth-order valence-electron chi connectivity index (χ4n) is 1.02. The molecule has 0 aliphatic heterocycles. The van der Waals surface area contributed by atoms with Crippen molar-refractivity contribution in [2.75, 3.05) is 0 Å². The van der Waals surface area contributed by atoms with Gasteiger partial charge in [-0.3, -0.25) is 10.1 Å². The van der Waals surface area contributed by atoms with E-state index in [2.05, 4.69) is 0 Å². The van der Waals surface area contributed by atoms with Crippen LogP contribution in [0.25, 0.3) is 0 Å². The average molecular weight is 232 g/mol. The number of benzene rings is 1. The zero-order valence-electron chi connectivity index (χ0n) is 8.91. The van der Waals surface area contributed by atoms with Crippen LogP contribution in [0.5, 0.6) is 0 Å². The summed E-state index contributed by atoms with van der Waals surface area (Å²) in [5.41, 5.74) is 0.0262. The molecule has 0 saturated heterocycles. The molecule has 1 aromatic rings. The van der Waals surface area contributed by atoms with Gasteiger partial charge >= 0.3 is 5.97 Å². The fourth-order valence-corrected chi connectivity index (χ4v) is 1.02. The molecule has 6 heteroatoms. The van der Waals surface area contributed by atoms with E-state index in [0.717, 1.165) is 0 Å². The zero-order valence-corrected chi connectivity index (χ0v) is 8.91. The average Bonchev–Trinajstić information content (AvgIpc) is 2.35. The van der Waals surface area contributed by atoms with Crippen molar-refractivity contribution in [2.24, 2.45) is 0 Å². The van der Waals surface area contributed by atoms with Gasteiger partial charge in [-0.05, 0) is 25.1 Å². The number of hydrogen-bond acceptors (Lipinski definition) is 5. The van der Waals surface area contributed by atoms with Gasteiger partial charge in [-0.25, -0.2) is 4.79 Å². The summed E-state index contributed by atoms with van der Waals surface area (Å²) in [6, 6.07) is 6.62. The predicted octanol–water partition coefficient (Wildman–Crippen LogP) is 2.18. The Hall–Kier alpha value is -2.68. The second kappa shape index (κ2) is 5.42. The van der Waals surface area contributed by atoms with Gasteiger partial charge in [0.05, 0.1) is 10.5 Å². The Morgan fingerprint density at radius 3 is 2.47 bits per heavy atom. The van der Waals surface area contributed by atoms with Gasteiger partial charge in [0, 0.05) is 12.1 Å². The van der Waals surface area contributed by atoms with Crippen LogP contribution in [0.1, 0.15) is 17.3 Å². The second-order valence-corrected chi connectivity index (χ2v) is 2.96.